The van der Waals surface area contributed by atoms with Gasteiger partial charge in [-0.3, -0.25) is 4.79 Å². The summed E-state index contributed by atoms with van der Waals surface area (Å²) in [5.41, 5.74) is 2.25. The number of carbonyl (C=O) groups is 1. The van der Waals surface area contributed by atoms with Crippen molar-refractivity contribution in [3.05, 3.63) is 58.9 Å². The van der Waals surface area contributed by atoms with E-state index in [1.54, 1.807) is 44.2 Å². The van der Waals surface area contributed by atoms with Crippen molar-refractivity contribution in [1.82, 2.24) is 9.88 Å². The fourth-order valence-corrected chi connectivity index (χ4v) is 5.81. The van der Waals surface area contributed by atoms with E-state index in [1.165, 1.54) is 0 Å². The van der Waals surface area contributed by atoms with Crippen molar-refractivity contribution in [2.45, 2.75) is 51.2 Å². The summed E-state index contributed by atoms with van der Waals surface area (Å²) in [6.45, 7) is 9.32. The van der Waals surface area contributed by atoms with Gasteiger partial charge >= 0.3 is 0 Å². The summed E-state index contributed by atoms with van der Waals surface area (Å²) in [5.74, 6) is -0.343. The Kier molecular flexibility index (Phi) is 5.62. The Hall–Kier alpha value is -2.21. The Balaban J connectivity index is 1.85. The number of aryl methyl sites for hydroxylation is 2. The molecule has 0 bridgehead atoms. The molecule has 1 saturated heterocycles. The van der Waals surface area contributed by atoms with E-state index in [0.717, 1.165) is 30.5 Å². The minimum absolute atomic E-state index is 0.0945. The lowest BCUT2D eigenvalue weighted by molar-refractivity contribution is 0.0577. The fourth-order valence-electron chi connectivity index (χ4n) is 3.99. The molecule has 0 N–H and O–H groups in total. The van der Waals surface area contributed by atoms with E-state index in [2.05, 4.69) is 18.8 Å². The first-order valence-electron chi connectivity index (χ1n) is 9.63. The Morgan fingerprint density at radius 2 is 1.75 bits per heavy atom. The van der Waals surface area contributed by atoms with Crippen LogP contribution in [0.5, 0.6) is 0 Å². The lowest BCUT2D eigenvalue weighted by Crippen LogP contribution is -2.43. The number of amides is 1. The third-order valence-corrected chi connectivity index (χ3v) is 7.21. The lowest BCUT2D eigenvalue weighted by Gasteiger charge is -2.37. The molecule has 0 spiro atoms. The van der Waals surface area contributed by atoms with Gasteiger partial charge in [-0.2, -0.15) is 0 Å². The fraction of sp³-hybridized carbons (Fsp3) is 0.455. The predicted octanol–water partition coefficient (Wildman–Crippen LogP) is 3.93. The average molecular weight is 401 g/mol. The zero-order chi connectivity index (χ0) is 20.5. The summed E-state index contributed by atoms with van der Waals surface area (Å²) in [6.07, 6.45) is 2.07. The van der Waals surface area contributed by atoms with Gasteiger partial charge in [-0.1, -0.05) is 38.1 Å². The molecule has 2 aromatic rings. The molecule has 0 unspecified atom stereocenters. The van der Waals surface area contributed by atoms with Gasteiger partial charge in [0.1, 0.15) is 5.69 Å². The number of hydrogen-bond donors (Lipinski definition) is 0. The molecule has 1 aliphatic heterocycles. The van der Waals surface area contributed by atoms with Crippen molar-refractivity contribution in [1.29, 1.82) is 0 Å². The molecule has 1 aromatic carbocycles. The summed E-state index contributed by atoms with van der Waals surface area (Å²) < 4.78 is 26.0. The highest BCUT2D eigenvalue weighted by molar-refractivity contribution is 7.90. The van der Waals surface area contributed by atoms with Crippen LogP contribution in [0.4, 0.5) is 0 Å². The highest BCUT2D eigenvalue weighted by atomic mass is 32.2. The van der Waals surface area contributed by atoms with Crippen molar-refractivity contribution in [2.24, 2.45) is 5.41 Å². The molecule has 1 aliphatic rings. The highest BCUT2D eigenvalue weighted by Gasteiger charge is 2.30. The zero-order valence-electron chi connectivity index (χ0n) is 17.0. The second kappa shape index (κ2) is 7.66. The molecule has 150 valence electrons. The average Bonchev–Trinajstić information content (AvgIpc) is 2.59. The first kappa shape index (κ1) is 20.5. The maximum atomic E-state index is 13.0. The summed E-state index contributed by atoms with van der Waals surface area (Å²) in [5, 5.41) is 0. The number of piperidine rings is 1. The highest BCUT2D eigenvalue weighted by Crippen LogP contribution is 2.29. The molecule has 0 saturated carbocycles. The molecule has 0 atom stereocenters. The number of aromatic nitrogens is 1. The number of benzene rings is 1. The van der Waals surface area contributed by atoms with Crippen LogP contribution in [-0.4, -0.2) is 37.3 Å². The Bertz CT molecular complexity index is 976. The minimum Gasteiger partial charge on any atom is -0.337 e. The van der Waals surface area contributed by atoms with Crippen LogP contribution in [0.1, 0.15) is 54.0 Å². The Morgan fingerprint density at radius 1 is 1.11 bits per heavy atom. The van der Waals surface area contributed by atoms with Crippen molar-refractivity contribution in [2.75, 3.05) is 13.1 Å². The smallest absolute Gasteiger partial charge is 0.272 e. The number of carbonyl (C=O) groups excluding carboxylic acids is 1. The van der Waals surface area contributed by atoms with E-state index in [9.17, 15) is 13.2 Å². The predicted molar refractivity (Wildman–Crippen MR) is 110 cm³/mol. The molecule has 2 heterocycles. The molecule has 28 heavy (non-hydrogen) atoms. The van der Waals surface area contributed by atoms with E-state index in [1.807, 2.05) is 11.0 Å². The van der Waals surface area contributed by atoms with Gasteiger partial charge in [0.25, 0.3) is 5.91 Å². The van der Waals surface area contributed by atoms with E-state index in [-0.39, 0.29) is 17.1 Å². The normalized spacial score (nSPS) is 16.8. The van der Waals surface area contributed by atoms with Gasteiger partial charge < -0.3 is 4.90 Å². The lowest BCUT2D eigenvalue weighted by atomic mass is 9.84. The standard InChI is InChI=1S/C22H28N2O3S/c1-16-8-5-9-17(2)20(16)28(26,27)14-18-10-6-11-19(23-18)21(25)24-13-7-12-22(3,4)15-24/h5-6,8-11H,7,12-15H2,1-4H3. The monoisotopic (exact) mass is 400 g/mol. The number of rotatable bonds is 4. The molecule has 5 nitrogen and oxygen atoms in total. The SMILES string of the molecule is Cc1cccc(C)c1S(=O)(=O)Cc1cccc(C(=O)N2CCCC(C)(C)C2)n1. The van der Waals surface area contributed by atoms with Gasteiger partial charge in [0.2, 0.25) is 0 Å². The molecule has 1 aromatic heterocycles. The maximum absolute atomic E-state index is 13.0. The van der Waals surface area contributed by atoms with E-state index < -0.39 is 9.84 Å². The third kappa shape index (κ3) is 4.43. The first-order chi connectivity index (χ1) is 13.1. The second-order valence-corrected chi connectivity index (χ2v) is 10.4. The van der Waals surface area contributed by atoms with Crippen LogP contribution >= 0.6 is 0 Å². The van der Waals surface area contributed by atoms with Gasteiger partial charge in [-0.25, -0.2) is 13.4 Å². The van der Waals surface area contributed by atoms with Crippen molar-refractivity contribution >= 4 is 15.7 Å². The first-order valence-corrected chi connectivity index (χ1v) is 11.3. The van der Waals surface area contributed by atoms with Gasteiger partial charge in [-0.05, 0) is 55.4 Å². The third-order valence-electron chi connectivity index (χ3n) is 5.27. The number of hydrogen-bond acceptors (Lipinski definition) is 4. The molecular formula is C22H28N2O3S. The van der Waals surface area contributed by atoms with Gasteiger partial charge in [0.15, 0.2) is 9.84 Å². The largest absolute Gasteiger partial charge is 0.337 e. The molecule has 1 amide bonds. The topological polar surface area (TPSA) is 67.3 Å². The van der Waals surface area contributed by atoms with Crippen LogP contribution in [0.3, 0.4) is 0 Å². The summed E-state index contributed by atoms with van der Waals surface area (Å²) in [4.78, 5) is 19.5. The summed E-state index contributed by atoms with van der Waals surface area (Å²) in [6, 6.07) is 10.5. The van der Waals surface area contributed by atoms with Gasteiger partial charge in [-0.15, -0.1) is 0 Å². The van der Waals surface area contributed by atoms with Crippen molar-refractivity contribution in [3.8, 4) is 0 Å². The number of sulfone groups is 1. The van der Waals surface area contributed by atoms with Crippen molar-refractivity contribution < 1.29 is 13.2 Å². The molecule has 1 fully saturated rings. The van der Waals surface area contributed by atoms with Crippen LogP contribution in [0.15, 0.2) is 41.3 Å². The van der Waals surface area contributed by atoms with Crippen LogP contribution in [0, 0.1) is 19.3 Å². The van der Waals surface area contributed by atoms with Crippen LogP contribution in [0.2, 0.25) is 0 Å². The number of likely N-dealkylation sites (tertiary alicyclic amines) is 1. The number of pyridine rings is 1. The zero-order valence-corrected chi connectivity index (χ0v) is 17.8. The molecule has 0 aliphatic carbocycles. The Morgan fingerprint density at radius 3 is 2.39 bits per heavy atom. The van der Waals surface area contributed by atoms with E-state index in [0.29, 0.717) is 22.8 Å². The van der Waals surface area contributed by atoms with Gasteiger partial charge in [0, 0.05) is 13.1 Å². The second-order valence-electron chi connectivity index (χ2n) is 8.49. The molecule has 0 radical (unpaired) electrons. The molecule has 6 heteroatoms. The van der Waals surface area contributed by atoms with Crippen molar-refractivity contribution in [3.63, 3.8) is 0 Å². The van der Waals surface area contributed by atoms with Gasteiger partial charge in [0.05, 0.1) is 16.3 Å². The summed E-state index contributed by atoms with van der Waals surface area (Å²) in [7, 11) is -3.55. The molecular weight excluding hydrogens is 372 g/mol. The maximum Gasteiger partial charge on any atom is 0.272 e. The summed E-state index contributed by atoms with van der Waals surface area (Å²) >= 11 is 0. The minimum atomic E-state index is -3.55. The van der Waals surface area contributed by atoms with E-state index >= 15 is 0 Å². The molecule has 3 rings (SSSR count). The quantitative estimate of drug-likeness (QED) is 0.780. The Labute approximate surface area is 167 Å². The van der Waals surface area contributed by atoms with E-state index in [4.69, 9.17) is 0 Å². The van der Waals surface area contributed by atoms with Crippen LogP contribution in [0.25, 0.3) is 0 Å². The van der Waals surface area contributed by atoms with Crippen LogP contribution in [-0.2, 0) is 15.6 Å². The number of nitrogens with zero attached hydrogens (tertiary/aromatic N) is 2. The van der Waals surface area contributed by atoms with Crippen LogP contribution < -0.4 is 0 Å².